The number of rotatable bonds is 5. The number of hydrogen-bond acceptors (Lipinski definition) is 3. The largest absolute Gasteiger partial charge is 0.480 e. The molecule has 1 saturated heterocycles. The third kappa shape index (κ3) is 3.78. The van der Waals surface area contributed by atoms with Gasteiger partial charge in [0.1, 0.15) is 6.04 Å². The van der Waals surface area contributed by atoms with Gasteiger partial charge in [-0.05, 0) is 32.1 Å². The number of aliphatic carboxylic acids is 1. The zero-order chi connectivity index (χ0) is 16.1. The highest BCUT2D eigenvalue weighted by Crippen LogP contribution is 2.32. The van der Waals surface area contributed by atoms with E-state index in [4.69, 9.17) is 5.11 Å². The van der Waals surface area contributed by atoms with E-state index in [-0.39, 0.29) is 23.7 Å². The molecule has 1 aliphatic carbocycles. The summed E-state index contributed by atoms with van der Waals surface area (Å²) in [5.74, 6) is -1.87. The summed E-state index contributed by atoms with van der Waals surface area (Å²) >= 11 is 0. The fourth-order valence-corrected chi connectivity index (χ4v) is 3.53. The van der Waals surface area contributed by atoms with Gasteiger partial charge in [-0.15, -0.1) is 0 Å². The number of nitrogens with zero attached hydrogens (tertiary/aromatic N) is 1. The van der Waals surface area contributed by atoms with Crippen LogP contribution in [0.4, 0.5) is 0 Å². The topological polar surface area (TPSA) is 86.7 Å². The van der Waals surface area contributed by atoms with Crippen molar-refractivity contribution in [1.29, 1.82) is 0 Å². The maximum atomic E-state index is 12.6. The predicted molar refractivity (Wildman–Crippen MR) is 81.1 cm³/mol. The van der Waals surface area contributed by atoms with Crippen LogP contribution < -0.4 is 5.32 Å². The summed E-state index contributed by atoms with van der Waals surface area (Å²) in [7, 11) is 0. The van der Waals surface area contributed by atoms with Crippen molar-refractivity contribution in [2.45, 2.75) is 57.9 Å². The summed E-state index contributed by atoms with van der Waals surface area (Å²) in [6.07, 6.45) is 5.70. The Labute approximate surface area is 131 Å². The Bertz CT molecular complexity index is 432. The molecule has 2 amide bonds. The molecule has 0 bridgehead atoms. The first-order valence-electron chi connectivity index (χ1n) is 8.36. The monoisotopic (exact) mass is 310 g/mol. The second kappa shape index (κ2) is 7.61. The minimum atomic E-state index is -1.02. The van der Waals surface area contributed by atoms with Crippen LogP contribution in [0.1, 0.15) is 51.9 Å². The normalized spacial score (nSPS) is 26.5. The highest BCUT2D eigenvalue weighted by Gasteiger charge is 2.39. The van der Waals surface area contributed by atoms with Gasteiger partial charge < -0.3 is 15.3 Å². The molecular weight excluding hydrogens is 284 g/mol. The van der Waals surface area contributed by atoms with Gasteiger partial charge >= 0.3 is 5.97 Å². The van der Waals surface area contributed by atoms with E-state index in [1.54, 1.807) is 6.92 Å². The number of carboxylic acid groups (broad SMARTS) is 1. The quantitative estimate of drug-likeness (QED) is 0.803. The Morgan fingerprint density at radius 3 is 2.23 bits per heavy atom. The molecule has 1 aliphatic heterocycles. The van der Waals surface area contributed by atoms with Crippen LogP contribution in [0.25, 0.3) is 0 Å². The molecule has 2 rings (SSSR count). The molecule has 6 heteroatoms. The highest BCUT2D eigenvalue weighted by molar-refractivity contribution is 5.90. The number of amides is 2. The Morgan fingerprint density at radius 2 is 1.68 bits per heavy atom. The fraction of sp³-hybridized carbons (Fsp3) is 0.812. The van der Waals surface area contributed by atoms with Gasteiger partial charge in [0, 0.05) is 24.9 Å². The number of nitrogens with one attached hydrogen (secondary N) is 1. The van der Waals surface area contributed by atoms with E-state index in [1.165, 1.54) is 0 Å². The fourth-order valence-electron chi connectivity index (χ4n) is 3.53. The summed E-state index contributed by atoms with van der Waals surface area (Å²) in [5, 5.41) is 11.7. The van der Waals surface area contributed by atoms with E-state index < -0.39 is 12.0 Å². The molecule has 6 nitrogen and oxygen atoms in total. The Balaban J connectivity index is 2.03. The van der Waals surface area contributed by atoms with E-state index >= 15 is 0 Å². The van der Waals surface area contributed by atoms with Gasteiger partial charge in [-0.1, -0.05) is 19.8 Å². The first kappa shape index (κ1) is 16.8. The number of carboxylic acids is 1. The molecule has 1 saturated carbocycles. The second-order valence-electron chi connectivity index (χ2n) is 6.34. The first-order valence-corrected chi connectivity index (χ1v) is 8.36. The number of carbonyl (C=O) groups is 3. The van der Waals surface area contributed by atoms with E-state index in [2.05, 4.69) is 5.32 Å². The lowest BCUT2D eigenvalue weighted by atomic mass is 9.77. The predicted octanol–water partition coefficient (Wildman–Crippen LogP) is 1.39. The number of carbonyl (C=O) groups excluding carboxylic acids is 2. The van der Waals surface area contributed by atoms with Crippen molar-refractivity contribution < 1.29 is 19.5 Å². The molecule has 0 aromatic heterocycles. The molecule has 1 heterocycles. The third-order valence-corrected chi connectivity index (χ3v) is 4.86. The molecule has 3 unspecified atom stereocenters. The van der Waals surface area contributed by atoms with Crippen LogP contribution in [0.3, 0.4) is 0 Å². The van der Waals surface area contributed by atoms with Crippen LogP contribution in [0.15, 0.2) is 0 Å². The summed E-state index contributed by atoms with van der Waals surface area (Å²) in [5.41, 5.74) is 0. The molecule has 22 heavy (non-hydrogen) atoms. The lowest BCUT2D eigenvalue weighted by Crippen LogP contribution is -2.48. The average Bonchev–Trinajstić information content (AvgIpc) is 3.05. The van der Waals surface area contributed by atoms with Crippen LogP contribution in [-0.2, 0) is 14.4 Å². The van der Waals surface area contributed by atoms with Gasteiger partial charge in [0.2, 0.25) is 11.8 Å². The minimum absolute atomic E-state index is 0.0840. The van der Waals surface area contributed by atoms with Gasteiger partial charge in [-0.3, -0.25) is 9.59 Å². The van der Waals surface area contributed by atoms with Gasteiger partial charge in [0.05, 0.1) is 0 Å². The molecule has 0 aromatic rings. The number of likely N-dealkylation sites (tertiary alicyclic amines) is 1. The Hall–Kier alpha value is -1.59. The van der Waals surface area contributed by atoms with Crippen LogP contribution in [0, 0.1) is 11.8 Å². The molecule has 0 aromatic carbocycles. The minimum Gasteiger partial charge on any atom is -0.480 e. The van der Waals surface area contributed by atoms with Gasteiger partial charge in [0.15, 0.2) is 0 Å². The molecule has 124 valence electrons. The molecular formula is C16H26N2O4. The standard InChI is InChI=1S/C16H26N2O4/c1-2-13(16(21)22)17-14(19)11-7-3-4-8-12(11)15(20)18-9-5-6-10-18/h11-13H,2-10H2,1H3,(H,17,19)(H,21,22). The van der Waals surface area contributed by atoms with Gasteiger partial charge in [0.25, 0.3) is 0 Å². The van der Waals surface area contributed by atoms with Crippen LogP contribution in [0.2, 0.25) is 0 Å². The van der Waals surface area contributed by atoms with Crippen molar-refractivity contribution in [3.8, 4) is 0 Å². The highest BCUT2D eigenvalue weighted by atomic mass is 16.4. The molecule has 2 fully saturated rings. The zero-order valence-corrected chi connectivity index (χ0v) is 13.2. The molecule has 0 radical (unpaired) electrons. The first-order chi connectivity index (χ1) is 10.5. The SMILES string of the molecule is CCC(NC(=O)C1CCCCC1C(=O)N1CCCC1)C(=O)O. The van der Waals surface area contributed by atoms with Gasteiger partial charge in [-0.2, -0.15) is 0 Å². The van der Waals surface area contributed by atoms with Crippen molar-refractivity contribution in [2.75, 3.05) is 13.1 Å². The van der Waals surface area contributed by atoms with Crippen LogP contribution in [0.5, 0.6) is 0 Å². The molecule has 0 spiro atoms. The van der Waals surface area contributed by atoms with Crippen LogP contribution in [-0.4, -0.2) is 46.9 Å². The maximum absolute atomic E-state index is 12.6. The van der Waals surface area contributed by atoms with E-state index in [1.807, 2.05) is 4.90 Å². The molecule has 3 atom stereocenters. The van der Waals surface area contributed by atoms with Crippen molar-refractivity contribution in [1.82, 2.24) is 10.2 Å². The van der Waals surface area contributed by atoms with E-state index in [0.717, 1.165) is 45.2 Å². The molecule has 2 aliphatic rings. The lowest BCUT2D eigenvalue weighted by molar-refractivity contribution is -0.146. The van der Waals surface area contributed by atoms with Crippen LogP contribution >= 0.6 is 0 Å². The van der Waals surface area contributed by atoms with E-state index in [0.29, 0.717) is 12.8 Å². The van der Waals surface area contributed by atoms with Crippen molar-refractivity contribution in [3.63, 3.8) is 0 Å². The summed E-state index contributed by atoms with van der Waals surface area (Å²) in [6, 6.07) is -0.864. The summed E-state index contributed by atoms with van der Waals surface area (Å²) in [4.78, 5) is 38.0. The average molecular weight is 310 g/mol. The Kier molecular flexibility index (Phi) is 5.80. The zero-order valence-electron chi connectivity index (χ0n) is 13.2. The van der Waals surface area contributed by atoms with Crippen molar-refractivity contribution in [2.24, 2.45) is 11.8 Å². The third-order valence-electron chi connectivity index (χ3n) is 4.86. The molecule has 2 N–H and O–H groups in total. The number of hydrogen-bond donors (Lipinski definition) is 2. The van der Waals surface area contributed by atoms with Crippen molar-refractivity contribution in [3.05, 3.63) is 0 Å². The second-order valence-corrected chi connectivity index (χ2v) is 6.34. The van der Waals surface area contributed by atoms with E-state index in [9.17, 15) is 14.4 Å². The lowest BCUT2D eigenvalue weighted by Gasteiger charge is -2.33. The summed E-state index contributed by atoms with van der Waals surface area (Å²) in [6.45, 7) is 3.31. The summed E-state index contributed by atoms with van der Waals surface area (Å²) < 4.78 is 0. The van der Waals surface area contributed by atoms with Crippen molar-refractivity contribution >= 4 is 17.8 Å². The van der Waals surface area contributed by atoms with Gasteiger partial charge in [-0.25, -0.2) is 4.79 Å². The smallest absolute Gasteiger partial charge is 0.326 e. The Morgan fingerprint density at radius 1 is 1.09 bits per heavy atom. The maximum Gasteiger partial charge on any atom is 0.326 e.